The number of methoxy groups -OCH3 is 2. The Hall–Kier alpha value is -2.50. The minimum Gasteiger partial charge on any atom is -0.497 e. The predicted molar refractivity (Wildman–Crippen MR) is 104 cm³/mol. The second-order valence-corrected chi connectivity index (χ2v) is 7.00. The summed E-state index contributed by atoms with van der Waals surface area (Å²) in [6.07, 6.45) is -1.27. The fourth-order valence-electron chi connectivity index (χ4n) is 2.74. The van der Waals surface area contributed by atoms with Crippen LogP contribution in [0.2, 0.25) is 0 Å². The maximum atomic E-state index is 11.9. The molecule has 0 radical (unpaired) electrons. The largest absolute Gasteiger partial charge is 0.497 e. The Labute approximate surface area is 156 Å². The van der Waals surface area contributed by atoms with Crippen molar-refractivity contribution in [2.75, 3.05) is 14.2 Å². The molecule has 0 saturated carbocycles. The summed E-state index contributed by atoms with van der Waals surface area (Å²) < 4.78 is 9.92. The van der Waals surface area contributed by atoms with Gasteiger partial charge in [0.25, 0.3) is 0 Å². The molecule has 26 heavy (non-hydrogen) atoms. The van der Waals surface area contributed by atoms with Crippen molar-refractivity contribution in [1.82, 2.24) is 0 Å². The number of carbonyl (C=O) groups excluding carboxylic acids is 1. The van der Waals surface area contributed by atoms with E-state index in [9.17, 15) is 9.90 Å². The van der Waals surface area contributed by atoms with Gasteiger partial charge in [0.2, 0.25) is 0 Å². The maximum Gasteiger partial charge on any atom is 0.336 e. The SMILES string of the molecule is COC(=O)C(O)C(Sc1ccc2ccccc2c1)c1ccc(OC)cc1. The molecule has 3 aromatic carbocycles. The van der Waals surface area contributed by atoms with Crippen LogP contribution in [-0.2, 0) is 9.53 Å². The highest BCUT2D eigenvalue weighted by molar-refractivity contribution is 7.99. The summed E-state index contributed by atoms with van der Waals surface area (Å²) in [4.78, 5) is 12.9. The molecule has 2 unspecified atom stereocenters. The lowest BCUT2D eigenvalue weighted by atomic mass is 10.1. The monoisotopic (exact) mass is 368 g/mol. The van der Waals surface area contributed by atoms with Gasteiger partial charge in [0.1, 0.15) is 5.75 Å². The van der Waals surface area contributed by atoms with Crippen LogP contribution >= 0.6 is 11.8 Å². The number of aliphatic hydroxyl groups excluding tert-OH is 1. The van der Waals surface area contributed by atoms with Crippen molar-refractivity contribution in [2.45, 2.75) is 16.2 Å². The van der Waals surface area contributed by atoms with Crippen molar-refractivity contribution in [3.05, 3.63) is 72.3 Å². The second kappa shape index (κ2) is 8.25. The molecule has 0 heterocycles. The van der Waals surface area contributed by atoms with Crippen molar-refractivity contribution in [3.63, 3.8) is 0 Å². The Morgan fingerprint density at radius 2 is 1.65 bits per heavy atom. The van der Waals surface area contributed by atoms with Gasteiger partial charge in [-0.05, 0) is 40.6 Å². The average Bonchev–Trinajstić information content (AvgIpc) is 2.71. The zero-order valence-electron chi connectivity index (χ0n) is 14.6. The zero-order chi connectivity index (χ0) is 18.5. The van der Waals surface area contributed by atoms with Gasteiger partial charge in [0, 0.05) is 4.90 Å². The Morgan fingerprint density at radius 3 is 2.31 bits per heavy atom. The zero-order valence-corrected chi connectivity index (χ0v) is 15.4. The van der Waals surface area contributed by atoms with Crippen LogP contribution in [0.3, 0.4) is 0 Å². The van der Waals surface area contributed by atoms with Gasteiger partial charge in [-0.1, -0.05) is 42.5 Å². The van der Waals surface area contributed by atoms with Crippen LogP contribution in [-0.4, -0.2) is 31.4 Å². The number of aliphatic hydroxyl groups is 1. The quantitative estimate of drug-likeness (QED) is 0.522. The van der Waals surface area contributed by atoms with Crippen molar-refractivity contribution in [3.8, 4) is 5.75 Å². The van der Waals surface area contributed by atoms with Gasteiger partial charge in [0.15, 0.2) is 6.10 Å². The van der Waals surface area contributed by atoms with E-state index in [2.05, 4.69) is 6.07 Å². The number of benzene rings is 3. The molecule has 1 N–H and O–H groups in total. The van der Waals surface area contributed by atoms with Crippen LogP contribution in [0.15, 0.2) is 71.6 Å². The van der Waals surface area contributed by atoms with Gasteiger partial charge in [0.05, 0.1) is 19.5 Å². The van der Waals surface area contributed by atoms with E-state index in [1.165, 1.54) is 18.9 Å². The number of esters is 1. The summed E-state index contributed by atoms with van der Waals surface area (Å²) in [5, 5.41) is 12.3. The highest BCUT2D eigenvalue weighted by Crippen LogP contribution is 2.39. The summed E-state index contributed by atoms with van der Waals surface area (Å²) >= 11 is 1.43. The highest BCUT2D eigenvalue weighted by Gasteiger charge is 2.29. The summed E-state index contributed by atoms with van der Waals surface area (Å²) in [5.41, 5.74) is 0.821. The number of thioether (sulfide) groups is 1. The summed E-state index contributed by atoms with van der Waals surface area (Å²) in [5.74, 6) is 0.0647. The number of rotatable bonds is 6. The van der Waals surface area contributed by atoms with Gasteiger partial charge >= 0.3 is 5.97 Å². The number of hydrogen-bond donors (Lipinski definition) is 1. The van der Waals surface area contributed by atoms with E-state index in [0.717, 1.165) is 27.0 Å². The van der Waals surface area contributed by atoms with Gasteiger partial charge in [-0.2, -0.15) is 0 Å². The molecule has 0 spiro atoms. The first-order chi connectivity index (χ1) is 12.6. The molecule has 0 aliphatic rings. The molecule has 3 aromatic rings. The summed E-state index contributed by atoms with van der Waals surface area (Å²) in [6.45, 7) is 0. The lowest BCUT2D eigenvalue weighted by Gasteiger charge is -2.21. The maximum absolute atomic E-state index is 11.9. The fraction of sp³-hybridized carbons (Fsp3) is 0.190. The normalized spacial score (nSPS) is 13.2. The molecular formula is C21H20O4S. The molecule has 0 saturated heterocycles. The minimum atomic E-state index is -1.27. The van der Waals surface area contributed by atoms with E-state index in [4.69, 9.17) is 9.47 Å². The van der Waals surface area contributed by atoms with E-state index >= 15 is 0 Å². The first-order valence-corrected chi connectivity index (χ1v) is 9.05. The third-order valence-corrected chi connectivity index (χ3v) is 5.47. The Morgan fingerprint density at radius 1 is 0.962 bits per heavy atom. The summed E-state index contributed by atoms with van der Waals surface area (Å²) in [7, 11) is 2.87. The van der Waals surface area contributed by atoms with Crippen LogP contribution in [0, 0.1) is 0 Å². The van der Waals surface area contributed by atoms with Crippen LogP contribution in [0.4, 0.5) is 0 Å². The van der Waals surface area contributed by atoms with Crippen molar-refractivity contribution < 1.29 is 19.4 Å². The number of carbonyl (C=O) groups is 1. The Kier molecular flexibility index (Phi) is 5.81. The molecule has 134 valence electrons. The van der Waals surface area contributed by atoms with Crippen LogP contribution in [0.25, 0.3) is 10.8 Å². The molecule has 0 aliphatic heterocycles. The lowest BCUT2D eigenvalue weighted by molar-refractivity contribution is -0.150. The van der Waals surface area contributed by atoms with Gasteiger partial charge in [-0.3, -0.25) is 0 Å². The molecule has 0 amide bonds. The van der Waals surface area contributed by atoms with E-state index in [1.54, 1.807) is 7.11 Å². The topological polar surface area (TPSA) is 55.8 Å². The second-order valence-electron chi connectivity index (χ2n) is 5.79. The van der Waals surface area contributed by atoms with E-state index in [1.807, 2.05) is 60.7 Å². The van der Waals surface area contributed by atoms with Gasteiger partial charge < -0.3 is 14.6 Å². The first kappa shape index (κ1) is 18.3. The first-order valence-electron chi connectivity index (χ1n) is 8.17. The highest BCUT2D eigenvalue weighted by atomic mass is 32.2. The average molecular weight is 368 g/mol. The number of hydrogen-bond acceptors (Lipinski definition) is 5. The molecule has 2 atom stereocenters. The van der Waals surface area contributed by atoms with Gasteiger partial charge in [-0.25, -0.2) is 4.79 Å². The molecule has 0 aromatic heterocycles. The van der Waals surface area contributed by atoms with E-state index < -0.39 is 17.3 Å². The smallest absolute Gasteiger partial charge is 0.336 e. The molecule has 0 fully saturated rings. The predicted octanol–water partition coefficient (Wildman–Crippen LogP) is 4.22. The third-order valence-electron chi connectivity index (χ3n) is 4.16. The molecule has 5 heteroatoms. The van der Waals surface area contributed by atoms with Crippen LogP contribution in [0.1, 0.15) is 10.8 Å². The molecule has 3 rings (SSSR count). The Bertz CT molecular complexity index is 892. The van der Waals surface area contributed by atoms with E-state index in [0.29, 0.717) is 0 Å². The molecule has 4 nitrogen and oxygen atoms in total. The summed E-state index contributed by atoms with van der Waals surface area (Å²) in [6, 6.07) is 21.5. The number of ether oxygens (including phenoxy) is 2. The van der Waals surface area contributed by atoms with Crippen molar-refractivity contribution in [1.29, 1.82) is 0 Å². The lowest BCUT2D eigenvalue weighted by Crippen LogP contribution is -2.27. The van der Waals surface area contributed by atoms with E-state index in [-0.39, 0.29) is 0 Å². The minimum absolute atomic E-state index is 0.491. The third kappa shape index (κ3) is 4.00. The van der Waals surface area contributed by atoms with Crippen molar-refractivity contribution in [2.24, 2.45) is 0 Å². The molecule has 0 bridgehead atoms. The van der Waals surface area contributed by atoms with Crippen LogP contribution in [0.5, 0.6) is 5.75 Å². The van der Waals surface area contributed by atoms with Crippen LogP contribution < -0.4 is 4.74 Å². The van der Waals surface area contributed by atoms with Gasteiger partial charge in [-0.15, -0.1) is 11.8 Å². The fourth-order valence-corrected chi connectivity index (χ4v) is 3.91. The Balaban J connectivity index is 1.94. The van der Waals surface area contributed by atoms with Crippen molar-refractivity contribution >= 4 is 28.5 Å². The molecular weight excluding hydrogens is 348 g/mol. The standard InChI is InChI=1S/C21H20O4S/c1-24-17-10-7-15(8-11-17)20(19(22)21(23)25-2)26-18-12-9-14-5-3-4-6-16(14)13-18/h3-13,19-20,22H,1-2H3. The number of fused-ring (bicyclic) bond motifs is 1. The molecule has 0 aliphatic carbocycles.